The molecule has 2 rings (SSSR count). The minimum Gasteiger partial charge on any atom is -0.391 e. The summed E-state index contributed by atoms with van der Waals surface area (Å²) >= 11 is 0. The van der Waals surface area contributed by atoms with E-state index in [1.807, 2.05) is 44.2 Å². The number of hydrogen-bond donors (Lipinski definition) is 4. The fraction of sp³-hybridized carbons (Fsp3) is 0.375. The van der Waals surface area contributed by atoms with E-state index in [9.17, 15) is 9.90 Å². The summed E-state index contributed by atoms with van der Waals surface area (Å²) in [6, 6.07) is 9.39. The zero-order chi connectivity index (χ0) is 15.9. The summed E-state index contributed by atoms with van der Waals surface area (Å²) < 4.78 is 0. The number of H-pyrrole nitrogens is 1. The predicted octanol–water partition coefficient (Wildman–Crippen LogP) is 1.43. The van der Waals surface area contributed by atoms with Gasteiger partial charge >= 0.3 is 6.03 Å². The first-order chi connectivity index (χ1) is 10.6. The van der Waals surface area contributed by atoms with E-state index in [0.717, 1.165) is 22.5 Å². The number of nitrogens with one attached hydrogen (secondary N) is 3. The lowest BCUT2D eigenvalue weighted by molar-refractivity contribution is 0.170. The summed E-state index contributed by atoms with van der Waals surface area (Å²) in [7, 11) is 0. The van der Waals surface area contributed by atoms with Crippen molar-refractivity contribution in [2.24, 2.45) is 0 Å². The van der Waals surface area contributed by atoms with Crippen molar-refractivity contribution in [1.29, 1.82) is 0 Å². The van der Waals surface area contributed by atoms with Crippen molar-refractivity contribution in [3.63, 3.8) is 0 Å². The molecular formula is C16H22N4O2. The Morgan fingerprint density at radius 3 is 2.64 bits per heavy atom. The van der Waals surface area contributed by atoms with Crippen LogP contribution in [0.15, 0.2) is 30.3 Å². The van der Waals surface area contributed by atoms with Crippen molar-refractivity contribution < 1.29 is 9.90 Å². The molecule has 1 unspecified atom stereocenters. The molecule has 0 fully saturated rings. The zero-order valence-electron chi connectivity index (χ0n) is 12.9. The monoisotopic (exact) mass is 302 g/mol. The molecule has 6 nitrogen and oxygen atoms in total. The Bertz CT molecular complexity index is 590. The van der Waals surface area contributed by atoms with Gasteiger partial charge in [-0.15, -0.1) is 0 Å². The molecule has 6 heteroatoms. The van der Waals surface area contributed by atoms with Gasteiger partial charge in [-0.25, -0.2) is 4.79 Å². The molecule has 2 amide bonds. The lowest BCUT2D eigenvalue weighted by atomic mass is 10.1. The number of carbonyl (C=O) groups is 1. The number of benzene rings is 1. The summed E-state index contributed by atoms with van der Waals surface area (Å²) in [5.74, 6) is 0. The number of aliphatic hydroxyl groups excluding tert-OH is 1. The van der Waals surface area contributed by atoms with Crippen molar-refractivity contribution in [2.75, 3.05) is 6.54 Å². The van der Waals surface area contributed by atoms with Crippen LogP contribution in [0.2, 0.25) is 0 Å². The molecule has 0 spiro atoms. The van der Waals surface area contributed by atoms with Crippen molar-refractivity contribution in [2.45, 2.75) is 32.9 Å². The number of urea groups is 1. The molecule has 0 radical (unpaired) electrons. The van der Waals surface area contributed by atoms with Crippen LogP contribution in [0.4, 0.5) is 4.79 Å². The maximum Gasteiger partial charge on any atom is 0.315 e. The molecule has 0 saturated carbocycles. The third-order valence-electron chi connectivity index (χ3n) is 3.52. The molecular weight excluding hydrogens is 280 g/mol. The molecule has 0 saturated heterocycles. The van der Waals surface area contributed by atoms with Gasteiger partial charge in [0, 0.05) is 30.8 Å². The second-order valence-corrected chi connectivity index (χ2v) is 5.32. The van der Waals surface area contributed by atoms with Crippen LogP contribution >= 0.6 is 0 Å². The SMILES string of the molecule is Cc1n[nH]c(C)c1CNC(=O)NCC(O)Cc1ccccc1. The first-order valence-corrected chi connectivity index (χ1v) is 7.30. The van der Waals surface area contributed by atoms with Crippen molar-refractivity contribution in [3.8, 4) is 0 Å². The van der Waals surface area contributed by atoms with Gasteiger partial charge < -0.3 is 15.7 Å². The van der Waals surface area contributed by atoms with E-state index in [-0.39, 0.29) is 12.6 Å². The van der Waals surface area contributed by atoms with Crippen molar-refractivity contribution >= 4 is 6.03 Å². The predicted molar refractivity (Wildman–Crippen MR) is 84.5 cm³/mol. The van der Waals surface area contributed by atoms with Gasteiger partial charge in [-0.1, -0.05) is 30.3 Å². The second-order valence-electron chi connectivity index (χ2n) is 5.32. The quantitative estimate of drug-likeness (QED) is 0.650. The molecule has 1 aromatic carbocycles. The number of amides is 2. The van der Waals surface area contributed by atoms with E-state index >= 15 is 0 Å². The van der Waals surface area contributed by atoms with Crippen LogP contribution < -0.4 is 10.6 Å². The fourth-order valence-corrected chi connectivity index (χ4v) is 2.23. The normalized spacial score (nSPS) is 12.0. The van der Waals surface area contributed by atoms with E-state index in [4.69, 9.17) is 0 Å². The Balaban J connectivity index is 1.71. The lowest BCUT2D eigenvalue weighted by Gasteiger charge is -2.13. The number of carbonyl (C=O) groups excluding carboxylic acids is 1. The van der Waals surface area contributed by atoms with Crippen molar-refractivity contribution in [3.05, 3.63) is 52.8 Å². The number of aryl methyl sites for hydroxylation is 2. The Kier molecular flexibility index (Phi) is 5.55. The number of hydrogen-bond acceptors (Lipinski definition) is 3. The van der Waals surface area contributed by atoms with E-state index < -0.39 is 6.10 Å². The van der Waals surface area contributed by atoms with Crippen LogP contribution in [-0.4, -0.2) is 34.0 Å². The zero-order valence-corrected chi connectivity index (χ0v) is 12.9. The molecule has 0 bridgehead atoms. The average Bonchev–Trinajstić information content (AvgIpc) is 2.83. The van der Waals surface area contributed by atoms with Crippen LogP contribution in [0.5, 0.6) is 0 Å². The number of aromatic amines is 1. The van der Waals surface area contributed by atoms with Crippen LogP contribution in [0, 0.1) is 13.8 Å². The third-order valence-corrected chi connectivity index (χ3v) is 3.52. The summed E-state index contributed by atoms with van der Waals surface area (Å²) in [6.45, 7) is 4.43. The number of aliphatic hydroxyl groups is 1. The molecule has 0 aliphatic carbocycles. The van der Waals surface area contributed by atoms with E-state index in [1.54, 1.807) is 0 Å². The highest BCUT2D eigenvalue weighted by Gasteiger charge is 2.10. The van der Waals surface area contributed by atoms with Crippen LogP contribution in [0.1, 0.15) is 22.5 Å². The van der Waals surface area contributed by atoms with Gasteiger partial charge in [-0.05, 0) is 19.4 Å². The minimum atomic E-state index is -0.606. The Hall–Kier alpha value is -2.34. The maximum atomic E-state index is 11.8. The highest BCUT2D eigenvalue weighted by molar-refractivity contribution is 5.73. The Morgan fingerprint density at radius 1 is 1.27 bits per heavy atom. The highest BCUT2D eigenvalue weighted by Crippen LogP contribution is 2.08. The smallest absolute Gasteiger partial charge is 0.315 e. The Morgan fingerprint density at radius 2 is 2.00 bits per heavy atom. The standard InChI is InChI=1S/C16H22N4O2/c1-11-15(12(2)20-19-11)10-18-16(22)17-9-14(21)8-13-6-4-3-5-7-13/h3-7,14,21H,8-10H2,1-2H3,(H,19,20)(H2,17,18,22). The number of nitrogens with zero attached hydrogens (tertiary/aromatic N) is 1. The third kappa shape index (κ3) is 4.60. The largest absolute Gasteiger partial charge is 0.391 e. The first kappa shape index (κ1) is 16.0. The van der Waals surface area contributed by atoms with Gasteiger partial charge in [0.2, 0.25) is 0 Å². The van der Waals surface area contributed by atoms with Gasteiger partial charge in [0.15, 0.2) is 0 Å². The molecule has 4 N–H and O–H groups in total. The summed E-state index contributed by atoms with van der Waals surface area (Å²) in [6.07, 6.45) is -0.0910. The molecule has 0 aliphatic rings. The van der Waals surface area contributed by atoms with Gasteiger partial charge in [-0.3, -0.25) is 5.10 Å². The topological polar surface area (TPSA) is 90.0 Å². The van der Waals surface area contributed by atoms with Gasteiger partial charge in [0.05, 0.1) is 11.8 Å². The minimum absolute atomic E-state index is 0.212. The van der Waals surface area contributed by atoms with Crippen molar-refractivity contribution in [1.82, 2.24) is 20.8 Å². The molecule has 2 aromatic rings. The molecule has 1 atom stereocenters. The average molecular weight is 302 g/mol. The van der Waals surface area contributed by atoms with E-state index in [0.29, 0.717) is 13.0 Å². The van der Waals surface area contributed by atoms with Gasteiger partial charge in [-0.2, -0.15) is 5.10 Å². The molecule has 118 valence electrons. The summed E-state index contributed by atoms with van der Waals surface area (Å²) in [5.41, 5.74) is 3.85. The van der Waals surface area contributed by atoms with Gasteiger partial charge in [0.25, 0.3) is 0 Å². The maximum absolute atomic E-state index is 11.8. The van der Waals surface area contributed by atoms with Crippen LogP contribution in [0.25, 0.3) is 0 Å². The second kappa shape index (κ2) is 7.61. The number of aromatic nitrogens is 2. The molecule has 1 heterocycles. The fourth-order valence-electron chi connectivity index (χ4n) is 2.23. The highest BCUT2D eigenvalue weighted by atomic mass is 16.3. The summed E-state index contributed by atoms with van der Waals surface area (Å²) in [4.78, 5) is 11.8. The molecule has 0 aliphatic heterocycles. The number of rotatable bonds is 6. The lowest BCUT2D eigenvalue weighted by Crippen LogP contribution is -2.40. The van der Waals surface area contributed by atoms with Crippen LogP contribution in [0.3, 0.4) is 0 Å². The summed E-state index contributed by atoms with van der Waals surface area (Å²) in [5, 5.41) is 22.3. The van der Waals surface area contributed by atoms with E-state index in [2.05, 4.69) is 20.8 Å². The molecule has 22 heavy (non-hydrogen) atoms. The van der Waals surface area contributed by atoms with Crippen LogP contribution in [-0.2, 0) is 13.0 Å². The van der Waals surface area contributed by atoms with Gasteiger partial charge in [0.1, 0.15) is 0 Å². The first-order valence-electron chi connectivity index (χ1n) is 7.30. The van der Waals surface area contributed by atoms with E-state index in [1.165, 1.54) is 0 Å². The Labute approximate surface area is 129 Å². The molecule has 1 aromatic heterocycles.